The lowest BCUT2D eigenvalue weighted by Crippen LogP contribution is -2.57. The van der Waals surface area contributed by atoms with E-state index < -0.39 is 0 Å². The molecule has 5 fully saturated rings. The molecular weight excluding hydrogens is 502 g/mol. The minimum absolute atomic E-state index is 0.140. The van der Waals surface area contributed by atoms with Crippen LogP contribution in [0.1, 0.15) is 122 Å². The normalized spacial score (nSPS) is 40.3. The van der Waals surface area contributed by atoms with E-state index in [9.17, 15) is 14.4 Å². The lowest BCUT2D eigenvalue weighted by Gasteiger charge is -2.59. The Morgan fingerprint density at radius 1 is 1.00 bits per heavy atom. The summed E-state index contributed by atoms with van der Waals surface area (Å²) >= 11 is 1.78. The first kappa shape index (κ1) is 27.7. The summed E-state index contributed by atoms with van der Waals surface area (Å²) in [5, 5.41) is 5.64. The highest BCUT2D eigenvalue weighted by molar-refractivity contribution is 7.10. The molecule has 1 aromatic rings. The molecule has 5 heteroatoms. The molecule has 6 rings (SSSR count). The molecular formula is C34H49NO3S. The first-order valence-electron chi connectivity index (χ1n) is 16.1. The summed E-state index contributed by atoms with van der Waals surface area (Å²) in [6.07, 6.45) is 14.3. The number of hydrogen-bond donors (Lipinski definition) is 1. The second kappa shape index (κ2) is 10.7. The second-order valence-corrected chi connectivity index (χ2v) is 15.7. The SMILES string of the molecule is C[C@H](CC(=O)NC(c1cccs1)C1CCCCC1)C1CC[C@H]2[C@@H]3C(=O)C[C@@H]4CC(=O)CC[C@]4(C)[C@H]3CC[C@]12C. The van der Waals surface area contributed by atoms with Crippen LogP contribution < -0.4 is 5.32 Å². The Labute approximate surface area is 239 Å². The van der Waals surface area contributed by atoms with Crippen LogP contribution in [0.15, 0.2) is 17.5 Å². The van der Waals surface area contributed by atoms with Gasteiger partial charge in [0.05, 0.1) is 6.04 Å². The van der Waals surface area contributed by atoms with E-state index >= 15 is 0 Å². The molecule has 0 radical (unpaired) electrons. The monoisotopic (exact) mass is 551 g/mol. The van der Waals surface area contributed by atoms with Crippen molar-refractivity contribution in [2.75, 3.05) is 0 Å². The molecule has 9 atom stereocenters. The third kappa shape index (κ3) is 4.87. The molecule has 0 spiro atoms. The van der Waals surface area contributed by atoms with Crippen LogP contribution in [0.5, 0.6) is 0 Å². The van der Waals surface area contributed by atoms with Gasteiger partial charge in [-0.05, 0) is 103 Å². The van der Waals surface area contributed by atoms with Crippen LogP contribution in [0.3, 0.4) is 0 Å². The third-order valence-electron chi connectivity index (χ3n) is 12.8. The number of amides is 1. The molecule has 2 unspecified atom stereocenters. The van der Waals surface area contributed by atoms with Crippen LogP contribution in [0.25, 0.3) is 0 Å². The zero-order valence-corrected chi connectivity index (χ0v) is 25.2. The zero-order valence-electron chi connectivity index (χ0n) is 24.4. The van der Waals surface area contributed by atoms with Gasteiger partial charge in [0, 0.05) is 36.5 Å². The van der Waals surface area contributed by atoms with Gasteiger partial charge in [0.1, 0.15) is 11.6 Å². The molecule has 1 heterocycles. The molecule has 39 heavy (non-hydrogen) atoms. The number of carbonyl (C=O) groups excluding carboxylic acids is 3. The predicted octanol–water partition coefficient (Wildman–Crippen LogP) is 7.92. The Bertz CT molecular complexity index is 1080. The Hall–Kier alpha value is -1.49. The predicted molar refractivity (Wildman–Crippen MR) is 156 cm³/mol. The summed E-state index contributed by atoms with van der Waals surface area (Å²) in [4.78, 5) is 40.8. The fourth-order valence-corrected chi connectivity index (χ4v) is 11.6. The molecule has 0 bridgehead atoms. The average Bonchev–Trinajstić information content (AvgIpc) is 3.57. The lowest BCUT2D eigenvalue weighted by molar-refractivity contribution is -0.159. The number of rotatable bonds is 6. The minimum Gasteiger partial charge on any atom is -0.348 e. The van der Waals surface area contributed by atoms with Crippen LogP contribution in [-0.2, 0) is 14.4 Å². The van der Waals surface area contributed by atoms with Crippen molar-refractivity contribution in [3.05, 3.63) is 22.4 Å². The van der Waals surface area contributed by atoms with Crippen molar-refractivity contribution in [1.29, 1.82) is 0 Å². The number of carbonyl (C=O) groups is 3. The van der Waals surface area contributed by atoms with Gasteiger partial charge >= 0.3 is 0 Å². The van der Waals surface area contributed by atoms with Crippen LogP contribution in [0.2, 0.25) is 0 Å². The number of ketones is 2. The largest absolute Gasteiger partial charge is 0.348 e. The first-order chi connectivity index (χ1) is 18.7. The molecule has 5 saturated carbocycles. The van der Waals surface area contributed by atoms with E-state index in [-0.39, 0.29) is 34.6 Å². The molecule has 0 saturated heterocycles. The molecule has 1 N–H and O–H groups in total. The highest BCUT2D eigenvalue weighted by Gasteiger charge is 2.63. The van der Waals surface area contributed by atoms with Gasteiger partial charge in [-0.2, -0.15) is 0 Å². The molecule has 0 aliphatic heterocycles. The summed E-state index contributed by atoms with van der Waals surface area (Å²) in [7, 11) is 0. The molecule has 1 amide bonds. The van der Waals surface area contributed by atoms with Gasteiger partial charge in [0.2, 0.25) is 5.91 Å². The highest BCUT2D eigenvalue weighted by Crippen LogP contribution is 2.67. The summed E-state index contributed by atoms with van der Waals surface area (Å²) in [6, 6.07) is 4.47. The fraction of sp³-hybridized carbons (Fsp3) is 0.794. The van der Waals surface area contributed by atoms with Gasteiger partial charge in [-0.25, -0.2) is 0 Å². The van der Waals surface area contributed by atoms with Crippen molar-refractivity contribution >= 4 is 28.8 Å². The first-order valence-corrected chi connectivity index (χ1v) is 17.0. The Balaban J connectivity index is 1.14. The van der Waals surface area contributed by atoms with Crippen LogP contribution in [-0.4, -0.2) is 17.5 Å². The van der Waals surface area contributed by atoms with Crippen LogP contribution in [0.4, 0.5) is 0 Å². The van der Waals surface area contributed by atoms with Gasteiger partial charge in [-0.1, -0.05) is 46.1 Å². The van der Waals surface area contributed by atoms with Crippen molar-refractivity contribution in [3.8, 4) is 0 Å². The van der Waals surface area contributed by atoms with E-state index in [1.54, 1.807) is 11.3 Å². The van der Waals surface area contributed by atoms with Gasteiger partial charge in [0.25, 0.3) is 0 Å². The Kier molecular flexibility index (Phi) is 7.61. The second-order valence-electron chi connectivity index (χ2n) is 14.7. The van der Waals surface area contributed by atoms with Crippen molar-refractivity contribution in [2.45, 2.75) is 117 Å². The van der Waals surface area contributed by atoms with Gasteiger partial charge in [0.15, 0.2) is 0 Å². The van der Waals surface area contributed by atoms with Gasteiger partial charge < -0.3 is 5.32 Å². The van der Waals surface area contributed by atoms with E-state index in [4.69, 9.17) is 0 Å². The lowest BCUT2D eigenvalue weighted by atomic mass is 9.44. The number of Topliss-reactive ketones (excluding diaryl/α,β-unsaturated/α-hetero) is 2. The Morgan fingerprint density at radius 2 is 1.77 bits per heavy atom. The summed E-state index contributed by atoms with van der Waals surface area (Å²) in [6.45, 7) is 7.17. The molecule has 4 nitrogen and oxygen atoms in total. The van der Waals surface area contributed by atoms with Crippen molar-refractivity contribution < 1.29 is 14.4 Å². The molecule has 5 aliphatic carbocycles. The van der Waals surface area contributed by atoms with E-state index in [1.807, 2.05) is 0 Å². The zero-order chi connectivity index (χ0) is 27.4. The molecule has 5 aliphatic rings. The Morgan fingerprint density at radius 3 is 2.51 bits per heavy atom. The quantitative estimate of drug-likeness (QED) is 0.391. The standard InChI is InChI=1S/C34H49NO3S/c1-21(18-30(38)35-32(29-10-7-17-39-29)22-8-5-4-6-9-22)25-11-12-26-31-27(14-16-34(25,26)3)33(2)15-13-24(36)19-23(33)20-28(31)37/h7,10,17,21-23,25-27,31-32H,4-6,8-9,11-16,18-20H2,1-3H3,(H,35,38)/t21-,23+,25?,26+,27+,31+,32?,33+,34-/m1/s1. The summed E-state index contributed by atoms with van der Waals surface area (Å²) in [5.74, 6) is 3.70. The topological polar surface area (TPSA) is 63.2 Å². The highest BCUT2D eigenvalue weighted by atomic mass is 32.1. The maximum atomic E-state index is 13.7. The van der Waals surface area contributed by atoms with E-state index in [0.29, 0.717) is 66.8 Å². The van der Waals surface area contributed by atoms with E-state index in [2.05, 4.69) is 43.6 Å². The number of hydrogen-bond acceptors (Lipinski definition) is 4. The number of nitrogens with one attached hydrogen (secondary N) is 1. The van der Waals surface area contributed by atoms with Crippen molar-refractivity contribution in [2.24, 2.45) is 52.3 Å². The summed E-state index contributed by atoms with van der Waals surface area (Å²) in [5.41, 5.74) is 0.286. The maximum absolute atomic E-state index is 13.7. The van der Waals surface area contributed by atoms with E-state index in [0.717, 1.165) is 25.7 Å². The molecule has 214 valence electrons. The average molecular weight is 552 g/mol. The van der Waals surface area contributed by atoms with Crippen LogP contribution in [0, 0.1) is 52.3 Å². The molecule has 0 aromatic carbocycles. The summed E-state index contributed by atoms with van der Waals surface area (Å²) < 4.78 is 0. The van der Waals surface area contributed by atoms with Gasteiger partial charge in [-0.3, -0.25) is 14.4 Å². The van der Waals surface area contributed by atoms with Crippen molar-refractivity contribution in [3.63, 3.8) is 0 Å². The third-order valence-corrected chi connectivity index (χ3v) is 13.8. The minimum atomic E-state index is 0.140. The van der Waals surface area contributed by atoms with Crippen molar-refractivity contribution in [1.82, 2.24) is 5.32 Å². The fourth-order valence-electron chi connectivity index (χ4n) is 10.7. The number of fused-ring (bicyclic) bond motifs is 5. The van der Waals surface area contributed by atoms with Gasteiger partial charge in [-0.15, -0.1) is 11.3 Å². The number of thiophene rings is 1. The smallest absolute Gasteiger partial charge is 0.220 e. The maximum Gasteiger partial charge on any atom is 0.220 e. The van der Waals surface area contributed by atoms with E-state index in [1.165, 1.54) is 43.4 Å². The van der Waals surface area contributed by atoms with Crippen LogP contribution >= 0.6 is 11.3 Å². The molecule has 1 aromatic heterocycles.